The van der Waals surface area contributed by atoms with E-state index in [2.05, 4.69) is 13.0 Å². The first-order chi connectivity index (χ1) is 10.1. The van der Waals surface area contributed by atoms with Gasteiger partial charge in [0.15, 0.2) is 11.6 Å². The van der Waals surface area contributed by atoms with E-state index in [1.54, 1.807) is 0 Å². The Morgan fingerprint density at radius 1 is 1.19 bits per heavy atom. The molecule has 0 radical (unpaired) electrons. The van der Waals surface area contributed by atoms with Crippen LogP contribution in [0.5, 0.6) is 0 Å². The van der Waals surface area contributed by atoms with E-state index in [9.17, 15) is 9.59 Å². The molecule has 0 saturated heterocycles. The quantitative estimate of drug-likeness (QED) is 0.760. The molecule has 0 aromatic heterocycles. The summed E-state index contributed by atoms with van der Waals surface area (Å²) < 4.78 is 0. The molecule has 0 aliphatic heterocycles. The van der Waals surface area contributed by atoms with E-state index >= 15 is 0 Å². The van der Waals surface area contributed by atoms with Crippen LogP contribution in [0.3, 0.4) is 0 Å². The Labute approximate surface area is 125 Å². The van der Waals surface area contributed by atoms with E-state index in [4.69, 9.17) is 0 Å². The Balaban J connectivity index is 1.65. The second-order valence-corrected chi connectivity index (χ2v) is 6.38. The number of hydrogen-bond acceptors (Lipinski definition) is 2. The van der Waals surface area contributed by atoms with Crippen molar-refractivity contribution in [2.24, 2.45) is 11.3 Å². The monoisotopic (exact) mass is 280 g/mol. The molecule has 0 heterocycles. The van der Waals surface area contributed by atoms with Crippen molar-refractivity contribution in [2.45, 2.75) is 32.6 Å². The van der Waals surface area contributed by atoms with Gasteiger partial charge in [-0.25, -0.2) is 0 Å². The molecule has 21 heavy (non-hydrogen) atoms. The number of allylic oxidation sites excluding steroid dienone is 4. The number of ketones is 2. The summed E-state index contributed by atoms with van der Waals surface area (Å²) in [6.45, 7) is 2.06. The Morgan fingerprint density at radius 2 is 1.95 bits per heavy atom. The van der Waals surface area contributed by atoms with Gasteiger partial charge >= 0.3 is 0 Å². The van der Waals surface area contributed by atoms with Crippen molar-refractivity contribution in [1.29, 1.82) is 0 Å². The lowest BCUT2D eigenvalue weighted by Gasteiger charge is -2.12. The van der Waals surface area contributed by atoms with Gasteiger partial charge in [0.1, 0.15) is 0 Å². The minimum Gasteiger partial charge on any atom is -0.294 e. The van der Waals surface area contributed by atoms with Gasteiger partial charge in [-0.1, -0.05) is 55.5 Å². The van der Waals surface area contributed by atoms with Gasteiger partial charge in [-0.3, -0.25) is 9.59 Å². The average molecular weight is 280 g/mol. The summed E-state index contributed by atoms with van der Waals surface area (Å²) in [5.74, 6) is 0.355. The van der Waals surface area contributed by atoms with E-state index in [0.29, 0.717) is 6.42 Å². The van der Waals surface area contributed by atoms with Crippen molar-refractivity contribution in [3.63, 3.8) is 0 Å². The van der Waals surface area contributed by atoms with Crippen LogP contribution in [0.4, 0.5) is 0 Å². The number of carbonyl (C=O) groups is 2. The summed E-state index contributed by atoms with van der Waals surface area (Å²) in [5.41, 5.74) is 1.42. The maximum absolute atomic E-state index is 12.4. The molecule has 1 aromatic carbocycles. The molecule has 2 aliphatic rings. The number of hydrogen-bond donors (Lipinski definition) is 0. The highest BCUT2D eigenvalue weighted by atomic mass is 16.1. The topological polar surface area (TPSA) is 34.1 Å². The highest BCUT2D eigenvalue weighted by molar-refractivity contribution is 6.03. The van der Waals surface area contributed by atoms with Crippen molar-refractivity contribution in [3.05, 3.63) is 59.7 Å². The molecule has 0 unspecified atom stereocenters. The smallest absolute Gasteiger partial charge is 0.166 e. The van der Waals surface area contributed by atoms with Crippen LogP contribution in [0.15, 0.2) is 54.1 Å². The number of carbonyl (C=O) groups excluding carboxylic acids is 2. The third kappa shape index (κ3) is 2.90. The maximum Gasteiger partial charge on any atom is 0.166 e. The van der Waals surface area contributed by atoms with Crippen molar-refractivity contribution in [1.82, 2.24) is 0 Å². The van der Waals surface area contributed by atoms with E-state index in [-0.39, 0.29) is 22.9 Å². The lowest BCUT2D eigenvalue weighted by molar-refractivity contribution is -0.116. The first-order valence-electron chi connectivity index (χ1n) is 7.59. The molecule has 0 amide bonds. The molecule has 0 N–H and O–H groups in total. The van der Waals surface area contributed by atoms with Crippen LogP contribution < -0.4 is 0 Å². The van der Waals surface area contributed by atoms with E-state index in [1.807, 2.05) is 42.5 Å². The summed E-state index contributed by atoms with van der Waals surface area (Å²) in [5, 5.41) is 0. The molecule has 1 fully saturated rings. The molecule has 2 heteroatoms. The largest absolute Gasteiger partial charge is 0.294 e. The lowest BCUT2D eigenvalue weighted by Crippen LogP contribution is -2.14. The zero-order chi connectivity index (χ0) is 14.9. The van der Waals surface area contributed by atoms with Crippen LogP contribution in [0.1, 0.15) is 43.0 Å². The normalized spacial score (nSPS) is 27.1. The predicted molar refractivity (Wildman–Crippen MR) is 83.1 cm³/mol. The third-order valence-corrected chi connectivity index (χ3v) is 4.61. The van der Waals surface area contributed by atoms with Crippen LogP contribution in [-0.4, -0.2) is 11.6 Å². The fourth-order valence-corrected chi connectivity index (χ4v) is 3.10. The number of rotatable bonds is 5. The van der Waals surface area contributed by atoms with Gasteiger partial charge < -0.3 is 0 Å². The average Bonchev–Trinajstić information content (AvgIpc) is 3.19. The van der Waals surface area contributed by atoms with Crippen LogP contribution in [-0.2, 0) is 4.79 Å². The van der Waals surface area contributed by atoms with Crippen LogP contribution in [0, 0.1) is 11.3 Å². The van der Waals surface area contributed by atoms with Crippen molar-refractivity contribution in [2.75, 3.05) is 0 Å². The first-order valence-corrected chi connectivity index (χ1v) is 7.59. The number of benzene rings is 1. The Bertz CT molecular complexity index is 624. The van der Waals surface area contributed by atoms with E-state index in [0.717, 1.165) is 30.4 Å². The van der Waals surface area contributed by atoms with Gasteiger partial charge in [0.2, 0.25) is 0 Å². The summed E-state index contributed by atoms with van der Waals surface area (Å²) in [4.78, 5) is 24.8. The minimum atomic E-state index is -0.157. The van der Waals surface area contributed by atoms with Gasteiger partial charge in [-0.15, -0.1) is 0 Å². The second kappa shape index (κ2) is 5.44. The van der Waals surface area contributed by atoms with Crippen LogP contribution >= 0.6 is 0 Å². The summed E-state index contributed by atoms with van der Waals surface area (Å²) in [7, 11) is 0. The second-order valence-electron chi connectivity index (χ2n) is 6.38. The summed E-state index contributed by atoms with van der Waals surface area (Å²) >= 11 is 0. The zero-order valence-electron chi connectivity index (χ0n) is 12.3. The van der Waals surface area contributed by atoms with Crippen molar-refractivity contribution in [3.8, 4) is 0 Å². The minimum absolute atomic E-state index is 0.00276. The van der Waals surface area contributed by atoms with Crippen LogP contribution in [0.25, 0.3) is 0 Å². The molecule has 3 rings (SSSR count). The maximum atomic E-state index is 12.4. The molecule has 2 nitrogen and oxygen atoms in total. The number of Topliss-reactive ketones (excluding diaryl/α,β-unsaturated/α-hetero) is 2. The summed E-state index contributed by atoms with van der Waals surface area (Å²) in [6.07, 6.45) is 9.25. The Hall–Kier alpha value is -1.96. The predicted octanol–water partition coefficient (Wildman–Crippen LogP) is 4.13. The van der Waals surface area contributed by atoms with E-state index in [1.165, 1.54) is 0 Å². The van der Waals surface area contributed by atoms with E-state index < -0.39 is 0 Å². The van der Waals surface area contributed by atoms with Gasteiger partial charge in [0, 0.05) is 23.5 Å². The molecule has 0 bridgehead atoms. The Morgan fingerprint density at radius 3 is 2.62 bits per heavy atom. The molecule has 2 atom stereocenters. The zero-order valence-corrected chi connectivity index (χ0v) is 12.3. The molecule has 1 aromatic rings. The van der Waals surface area contributed by atoms with Gasteiger partial charge in [0.25, 0.3) is 0 Å². The standard InChI is InChI=1S/C19H20O2/c1-19(13-17(20)14-8-4-2-5-9-14)12-16(19)18(21)15-10-6-3-7-11-15/h3-4,6-11,16H,2,5,12-13H2,1H3/t16-,19+/m1/s1. The Kier molecular flexibility index (Phi) is 3.62. The van der Waals surface area contributed by atoms with Gasteiger partial charge in [-0.2, -0.15) is 0 Å². The molecular formula is C19H20O2. The van der Waals surface area contributed by atoms with Crippen LogP contribution in [0.2, 0.25) is 0 Å². The SMILES string of the molecule is C[C@@]1(CC(=O)C2=CCCC=C2)C[C@@H]1C(=O)c1ccccc1. The van der Waals surface area contributed by atoms with Crippen molar-refractivity contribution < 1.29 is 9.59 Å². The third-order valence-electron chi connectivity index (χ3n) is 4.61. The fraction of sp³-hybridized carbons (Fsp3) is 0.368. The highest BCUT2D eigenvalue weighted by Gasteiger charge is 2.55. The first kappa shape index (κ1) is 14.0. The summed E-state index contributed by atoms with van der Waals surface area (Å²) in [6, 6.07) is 9.39. The molecular weight excluding hydrogens is 260 g/mol. The molecule has 2 aliphatic carbocycles. The molecule has 108 valence electrons. The van der Waals surface area contributed by atoms with Gasteiger partial charge in [0.05, 0.1) is 0 Å². The molecule has 1 saturated carbocycles. The molecule has 0 spiro atoms. The lowest BCUT2D eigenvalue weighted by atomic mass is 9.91. The van der Waals surface area contributed by atoms with Crippen molar-refractivity contribution >= 4 is 11.6 Å². The highest BCUT2D eigenvalue weighted by Crippen LogP contribution is 2.56. The fourth-order valence-electron chi connectivity index (χ4n) is 3.10. The van der Waals surface area contributed by atoms with Gasteiger partial charge in [-0.05, 0) is 24.7 Å².